The minimum absolute atomic E-state index is 0.522. The number of hydrogen-bond donors (Lipinski definition) is 1. The van der Waals surface area contributed by atoms with Gasteiger partial charge < -0.3 is 0 Å². The van der Waals surface area contributed by atoms with Crippen molar-refractivity contribution < 1.29 is 0 Å². The van der Waals surface area contributed by atoms with Crippen LogP contribution in [0.3, 0.4) is 0 Å². The van der Waals surface area contributed by atoms with Gasteiger partial charge in [0.25, 0.3) is 0 Å². The number of rotatable bonds is 10. The Labute approximate surface area is 141 Å². The van der Waals surface area contributed by atoms with Gasteiger partial charge in [-0.15, -0.1) is 11.6 Å². The molecule has 1 N–H and O–H groups in total. The molecule has 0 unspecified atom stereocenters. The molecule has 0 aromatic carbocycles. The molecule has 0 amide bonds. The third-order valence-corrected chi connectivity index (χ3v) is 3.55. The van der Waals surface area contributed by atoms with Crippen molar-refractivity contribution in [3.63, 3.8) is 0 Å². The fraction of sp³-hybridized carbons (Fsp3) is 0.450. The van der Waals surface area contributed by atoms with Crippen molar-refractivity contribution in [1.82, 2.24) is 0 Å². The van der Waals surface area contributed by atoms with Crippen molar-refractivity contribution in [2.45, 2.75) is 53.4 Å². The SMILES string of the molecule is C=CC(=C/C)/C(=C\CC)C(=N)/C(=C/C(C)=CCCC)CCCl. The predicted molar refractivity (Wildman–Crippen MR) is 102 cm³/mol. The van der Waals surface area contributed by atoms with Gasteiger partial charge in [0, 0.05) is 11.5 Å². The summed E-state index contributed by atoms with van der Waals surface area (Å²) in [7, 11) is 0. The minimum atomic E-state index is 0.522. The molecular formula is C20H30ClN. The minimum Gasteiger partial charge on any atom is -0.300 e. The van der Waals surface area contributed by atoms with E-state index in [1.165, 1.54) is 5.57 Å². The molecule has 0 spiro atoms. The number of halogens is 1. The lowest BCUT2D eigenvalue weighted by Crippen LogP contribution is -2.08. The van der Waals surface area contributed by atoms with E-state index in [4.69, 9.17) is 17.0 Å². The zero-order chi connectivity index (χ0) is 17.0. The lowest BCUT2D eigenvalue weighted by atomic mass is 9.92. The molecule has 0 aliphatic rings. The first-order valence-electron chi connectivity index (χ1n) is 8.07. The van der Waals surface area contributed by atoms with Gasteiger partial charge in [0.2, 0.25) is 0 Å². The van der Waals surface area contributed by atoms with Crippen LogP contribution in [0.5, 0.6) is 0 Å². The second-order valence-electron chi connectivity index (χ2n) is 5.19. The number of alkyl halides is 1. The molecule has 0 rings (SSSR count). The third kappa shape index (κ3) is 7.09. The fourth-order valence-electron chi connectivity index (χ4n) is 2.20. The third-order valence-electron chi connectivity index (χ3n) is 3.36. The van der Waals surface area contributed by atoms with E-state index in [2.05, 4.69) is 45.6 Å². The summed E-state index contributed by atoms with van der Waals surface area (Å²) >= 11 is 5.95. The molecule has 0 aliphatic heterocycles. The van der Waals surface area contributed by atoms with E-state index in [9.17, 15) is 0 Å². The maximum atomic E-state index is 8.61. The Kier molecular flexibility index (Phi) is 11.5. The van der Waals surface area contributed by atoms with Gasteiger partial charge in [-0.3, -0.25) is 5.41 Å². The van der Waals surface area contributed by atoms with Gasteiger partial charge >= 0.3 is 0 Å². The highest BCUT2D eigenvalue weighted by Gasteiger charge is 2.12. The highest BCUT2D eigenvalue weighted by atomic mass is 35.5. The highest BCUT2D eigenvalue weighted by molar-refractivity contribution is 6.19. The smallest absolute Gasteiger partial charge is 0.0647 e. The van der Waals surface area contributed by atoms with E-state index in [1.54, 1.807) is 0 Å². The van der Waals surface area contributed by atoms with Crippen LogP contribution in [0.15, 0.2) is 59.3 Å². The Balaban J connectivity index is 5.65. The summed E-state index contributed by atoms with van der Waals surface area (Å²) in [5.74, 6) is 0.522. The molecular weight excluding hydrogens is 290 g/mol. The lowest BCUT2D eigenvalue weighted by molar-refractivity contribution is 0.951. The van der Waals surface area contributed by atoms with Crippen molar-refractivity contribution in [1.29, 1.82) is 5.41 Å². The molecule has 0 bridgehead atoms. The van der Waals surface area contributed by atoms with Crippen LogP contribution >= 0.6 is 11.6 Å². The fourth-order valence-corrected chi connectivity index (χ4v) is 2.41. The van der Waals surface area contributed by atoms with Crippen molar-refractivity contribution in [2.24, 2.45) is 0 Å². The molecule has 0 aliphatic carbocycles. The Hall–Kier alpha value is -1.34. The molecule has 0 atom stereocenters. The summed E-state index contributed by atoms with van der Waals surface area (Å²) in [5, 5.41) is 8.61. The van der Waals surface area contributed by atoms with Gasteiger partial charge in [-0.2, -0.15) is 0 Å². The first-order chi connectivity index (χ1) is 10.5. The number of unbranched alkanes of at least 4 members (excludes halogenated alkanes) is 1. The molecule has 2 heteroatoms. The van der Waals surface area contributed by atoms with Crippen LogP contribution in [0.25, 0.3) is 0 Å². The highest BCUT2D eigenvalue weighted by Crippen LogP contribution is 2.21. The van der Waals surface area contributed by atoms with Crippen molar-refractivity contribution in [3.05, 3.63) is 59.3 Å². The maximum Gasteiger partial charge on any atom is 0.0647 e. The summed E-state index contributed by atoms with van der Waals surface area (Å²) in [4.78, 5) is 0. The summed E-state index contributed by atoms with van der Waals surface area (Å²) in [6, 6.07) is 0. The summed E-state index contributed by atoms with van der Waals surface area (Å²) in [6.07, 6.45) is 14.0. The molecule has 22 heavy (non-hydrogen) atoms. The van der Waals surface area contributed by atoms with Crippen LogP contribution in [0.2, 0.25) is 0 Å². The zero-order valence-electron chi connectivity index (χ0n) is 14.5. The van der Waals surface area contributed by atoms with Crippen LogP contribution < -0.4 is 0 Å². The summed E-state index contributed by atoms with van der Waals surface area (Å²) < 4.78 is 0. The quantitative estimate of drug-likeness (QED) is 0.261. The summed E-state index contributed by atoms with van der Waals surface area (Å²) in [6.45, 7) is 12.2. The maximum absolute atomic E-state index is 8.61. The van der Waals surface area contributed by atoms with E-state index in [-0.39, 0.29) is 0 Å². The molecule has 0 fully saturated rings. The predicted octanol–water partition coefficient (Wildman–Crippen LogP) is 6.78. The zero-order valence-corrected chi connectivity index (χ0v) is 15.3. The average Bonchev–Trinajstić information content (AvgIpc) is 2.52. The van der Waals surface area contributed by atoms with Crippen LogP contribution in [-0.4, -0.2) is 11.6 Å². The van der Waals surface area contributed by atoms with E-state index in [0.717, 1.165) is 36.0 Å². The van der Waals surface area contributed by atoms with E-state index >= 15 is 0 Å². The first-order valence-corrected chi connectivity index (χ1v) is 8.60. The molecule has 0 saturated heterocycles. The second-order valence-corrected chi connectivity index (χ2v) is 5.57. The van der Waals surface area contributed by atoms with Crippen LogP contribution in [0, 0.1) is 5.41 Å². The Morgan fingerprint density at radius 3 is 2.36 bits per heavy atom. The Bertz CT molecular complexity index is 490. The van der Waals surface area contributed by atoms with Crippen LogP contribution in [0.4, 0.5) is 0 Å². The molecule has 122 valence electrons. The Morgan fingerprint density at radius 2 is 1.91 bits per heavy atom. The van der Waals surface area contributed by atoms with E-state index < -0.39 is 0 Å². The standard InChI is InChI=1S/C20H30ClN/c1-6-10-12-16(5)15-18(13-14-21)20(22)19(11-7-2)17(8-3)9-4/h8-9,11-12,15,22H,3,6-7,10,13-14H2,1-2,4-5H3/b16-12?,17-9-,18-15+,19-11+,22-20?. The first kappa shape index (κ1) is 20.7. The van der Waals surface area contributed by atoms with Crippen LogP contribution in [0.1, 0.15) is 53.4 Å². The van der Waals surface area contributed by atoms with E-state index in [0.29, 0.717) is 18.0 Å². The molecule has 0 saturated carbocycles. The van der Waals surface area contributed by atoms with Gasteiger partial charge in [0.15, 0.2) is 0 Å². The second kappa shape index (κ2) is 12.2. The Morgan fingerprint density at radius 1 is 1.23 bits per heavy atom. The van der Waals surface area contributed by atoms with Crippen molar-refractivity contribution in [3.8, 4) is 0 Å². The largest absolute Gasteiger partial charge is 0.300 e. The monoisotopic (exact) mass is 319 g/mol. The number of hydrogen-bond acceptors (Lipinski definition) is 1. The van der Waals surface area contributed by atoms with Crippen molar-refractivity contribution >= 4 is 17.3 Å². The van der Waals surface area contributed by atoms with E-state index in [1.807, 2.05) is 19.1 Å². The van der Waals surface area contributed by atoms with Gasteiger partial charge in [-0.05, 0) is 44.3 Å². The average molecular weight is 320 g/mol. The molecule has 0 aromatic rings. The number of allylic oxidation sites excluding steroid dienone is 9. The molecule has 0 heterocycles. The normalized spacial score (nSPS) is 14.2. The molecule has 0 radical (unpaired) electrons. The van der Waals surface area contributed by atoms with Crippen molar-refractivity contribution in [2.75, 3.05) is 5.88 Å². The molecule has 0 aromatic heterocycles. The van der Waals surface area contributed by atoms with Gasteiger partial charge in [-0.25, -0.2) is 0 Å². The van der Waals surface area contributed by atoms with Crippen LogP contribution in [-0.2, 0) is 0 Å². The van der Waals surface area contributed by atoms with Gasteiger partial charge in [0.05, 0.1) is 5.71 Å². The van der Waals surface area contributed by atoms with Gasteiger partial charge in [-0.1, -0.05) is 62.8 Å². The topological polar surface area (TPSA) is 23.9 Å². The van der Waals surface area contributed by atoms with Gasteiger partial charge in [0.1, 0.15) is 0 Å². The lowest BCUT2D eigenvalue weighted by Gasteiger charge is -2.14. The number of nitrogens with one attached hydrogen (secondary N) is 1. The molecule has 1 nitrogen and oxygen atoms in total. The summed E-state index contributed by atoms with van der Waals surface area (Å²) in [5.41, 5.74) is 4.69.